The van der Waals surface area contributed by atoms with Crippen molar-refractivity contribution in [3.8, 4) is 0 Å². The van der Waals surface area contributed by atoms with Gasteiger partial charge in [0, 0.05) is 18.6 Å². The summed E-state index contributed by atoms with van der Waals surface area (Å²) < 4.78 is 13.2. The molecule has 3 unspecified atom stereocenters. The molecule has 4 nitrogen and oxygen atoms in total. The SMILES string of the molecule is NC1CC2CCCC(C1)C2NC(=O)C1CCCCN1Cc1ccc(F)cc1. The number of halogens is 1. The van der Waals surface area contributed by atoms with Gasteiger partial charge < -0.3 is 11.1 Å². The summed E-state index contributed by atoms with van der Waals surface area (Å²) in [5.74, 6) is 1.07. The maximum Gasteiger partial charge on any atom is 0.237 e. The summed E-state index contributed by atoms with van der Waals surface area (Å²) in [7, 11) is 0. The lowest BCUT2D eigenvalue weighted by molar-refractivity contribution is -0.130. The molecule has 1 aliphatic heterocycles. The van der Waals surface area contributed by atoms with Gasteiger partial charge in [-0.3, -0.25) is 9.69 Å². The fraction of sp³-hybridized carbons (Fsp3) is 0.682. The fourth-order valence-electron chi connectivity index (χ4n) is 5.59. The Kier molecular flexibility index (Phi) is 5.79. The molecular formula is C22H32FN3O. The number of nitrogens with zero attached hydrogens (tertiary/aromatic N) is 1. The van der Waals surface area contributed by atoms with Gasteiger partial charge in [-0.05, 0) is 74.6 Å². The first-order valence-corrected chi connectivity index (χ1v) is 10.6. The van der Waals surface area contributed by atoms with Crippen molar-refractivity contribution in [2.45, 2.75) is 76.0 Å². The van der Waals surface area contributed by atoms with Crippen molar-refractivity contribution in [3.05, 3.63) is 35.6 Å². The van der Waals surface area contributed by atoms with Crippen LogP contribution < -0.4 is 11.1 Å². The zero-order valence-corrected chi connectivity index (χ0v) is 16.1. The molecule has 3 fully saturated rings. The summed E-state index contributed by atoms with van der Waals surface area (Å²) in [5, 5.41) is 3.44. The highest BCUT2D eigenvalue weighted by molar-refractivity contribution is 5.82. The quantitative estimate of drug-likeness (QED) is 0.852. The van der Waals surface area contributed by atoms with E-state index in [1.807, 2.05) is 12.1 Å². The van der Waals surface area contributed by atoms with Crippen molar-refractivity contribution >= 4 is 5.91 Å². The minimum Gasteiger partial charge on any atom is -0.351 e. The number of nitrogens with one attached hydrogen (secondary N) is 1. The van der Waals surface area contributed by atoms with E-state index in [0.29, 0.717) is 30.5 Å². The summed E-state index contributed by atoms with van der Waals surface area (Å²) in [6, 6.07) is 7.19. The Hall–Kier alpha value is -1.46. The maximum atomic E-state index is 13.2. The Morgan fingerprint density at radius 3 is 2.48 bits per heavy atom. The molecule has 2 aliphatic carbocycles. The minimum atomic E-state index is -0.214. The van der Waals surface area contributed by atoms with Crippen LogP contribution in [-0.2, 0) is 11.3 Å². The van der Waals surface area contributed by atoms with E-state index in [9.17, 15) is 9.18 Å². The topological polar surface area (TPSA) is 58.4 Å². The zero-order valence-electron chi connectivity index (χ0n) is 16.1. The molecule has 3 N–H and O–H groups in total. The van der Waals surface area contributed by atoms with E-state index in [4.69, 9.17) is 5.73 Å². The molecular weight excluding hydrogens is 341 g/mol. The Morgan fingerprint density at radius 2 is 1.78 bits per heavy atom. The standard InChI is InChI=1S/C22H32FN3O/c23-18-9-7-15(8-10-18)14-26-11-2-1-6-20(26)22(27)25-21-16-4-3-5-17(21)13-19(24)12-16/h7-10,16-17,19-21H,1-6,11-14,24H2,(H,25,27). The Morgan fingerprint density at radius 1 is 1.07 bits per heavy atom. The average molecular weight is 374 g/mol. The van der Waals surface area contributed by atoms with E-state index in [2.05, 4.69) is 10.2 Å². The molecule has 0 aromatic heterocycles. The van der Waals surface area contributed by atoms with Gasteiger partial charge >= 0.3 is 0 Å². The van der Waals surface area contributed by atoms with Crippen molar-refractivity contribution in [2.75, 3.05) is 6.54 Å². The third-order valence-electron chi connectivity index (χ3n) is 6.90. The molecule has 1 heterocycles. The molecule has 1 amide bonds. The molecule has 0 spiro atoms. The molecule has 27 heavy (non-hydrogen) atoms. The van der Waals surface area contributed by atoms with Crippen molar-refractivity contribution in [3.63, 3.8) is 0 Å². The smallest absolute Gasteiger partial charge is 0.237 e. The number of hydrogen-bond donors (Lipinski definition) is 2. The normalized spacial score (nSPS) is 34.2. The predicted molar refractivity (Wildman–Crippen MR) is 104 cm³/mol. The van der Waals surface area contributed by atoms with Crippen molar-refractivity contribution in [1.29, 1.82) is 0 Å². The van der Waals surface area contributed by atoms with Gasteiger partial charge in [-0.25, -0.2) is 4.39 Å². The van der Waals surface area contributed by atoms with Gasteiger partial charge in [-0.1, -0.05) is 25.0 Å². The second-order valence-electron chi connectivity index (χ2n) is 8.83. The lowest BCUT2D eigenvalue weighted by atomic mass is 9.67. The van der Waals surface area contributed by atoms with E-state index in [0.717, 1.165) is 44.2 Å². The molecule has 2 bridgehead atoms. The lowest BCUT2D eigenvalue weighted by Crippen LogP contribution is -2.58. The number of piperidine rings is 1. The van der Waals surface area contributed by atoms with Crippen LogP contribution in [0.25, 0.3) is 0 Å². The van der Waals surface area contributed by atoms with Gasteiger partial charge in [0.15, 0.2) is 0 Å². The molecule has 1 aromatic carbocycles. The summed E-state index contributed by atoms with van der Waals surface area (Å²) >= 11 is 0. The van der Waals surface area contributed by atoms with E-state index in [1.165, 1.54) is 31.4 Å². The highest BCUT2D eigenvalue weighted by Gasteiger charge is 2.41. The summed E-state index contributed by atoms with van der Waals surface area (Å²) in [4.78, 5) is 15.5. The predicted octanol–water partition coefficient (Wildman–Crippen LogP) is 3.20. The van der Waals surface area contributed by atoms with Gasteiger partial charge in [-0.2, -0.15) is 0 Å². The summed E-state index contributed by atoms with van der Waals surface area (Å²) in [6.07, 6.45) is 8.88. The van der Waals surface area contributed by atoms with Crippen LogP contribution in [0.2, 0.25) is 0 Å². The summed E-state index contributed by atoms with van der Waals surface area (Å²) in [5.41, 5.74) is 7.30. The number of carbonyl (C=O) groups excluding carboxylic acids is 1. The largest absolute Gasteiger partial charge is 0.351 e. The molecule has 5 heteroatoms. The second kappa shape index (κ2) is 8.27. The number of carbonyl (C=O) groups is 1. The van der Waals surface area contributed by atoms with Gasteiger partial charge in [0.25, 0.3) is 0 Å². The van der Waals surface area contributed by atoms with Crippen molar-refractivity contribution in [1.82, 2.24) is 10.2 Å². The highest BCUT2D eigenvalue weighted by atomic mass is 19.1. The first kappa shape index (κ1) is 18.9. The molecule has 2 saturated carbocycles. The minimum absolute atomic E-state index is 0.0693. The molecule has 1 aromatic rings. The monoisotopic (exact) mass is 373 g/mol. The molecule has 3 aliphatic rings. The van der Waals surface area contributed by atoms with Crippen LogP contribution >= 0.6 is 0 Å². The van der Waals surface area contributed by atoms with Crippen molar-refractivity contribution in [2.24, 2.45) is 17.6 Å². The number of hydrogen-bond acceptors (Lipinski definition) is 3. The first-order chi connectivity index (χ1) is 13.1. The van der Waals surface area contributed by atoms with Gasteiger partial charge in [0.1, 0.15) is 5.82 Å². The van der Waals surface area contributed by atoms with Crippen LogP contribution in [0.1, 0.15) is 56.9 Å². The van der Waals surface area contributed by atoms with Crippen LogP contribution in [-0.4, -0.2) is 35.5 Å². The van der Waals surface area contributed by atoms with E-state index < -0.39 is 0 Å². The third kappa shape index (κ3) is 4.35. The van der Waals surface area contributed by atoms with E-state index in [-0.39, 0.29) is 17.8 Å². The first-order valence-electron chi connectivity index (χ1n) is 10.6. The lowest BCUT2D eigenvalue weighted by Gasteiger charge is -2.46. The van der Waals surface area contributed by atoms with Crippen LogP contribution in [0.15, 0.2) is 24.3 Å². The Balaban J connectivity index is 1.42. The second-order valence-corrected chi connectivity index (χ2v) is 8.83. The Labute approximate surface area is 161 Å². The zero-order chi connectivity index (χ0) is 18.8. The van der Waals surface area contributed by atoms with Crippen LogP contribution in [0.4, 0.5) is 4.39 Å². The fourth-order valence-corrected chi connectivity index (χ4v) is 5.59. The summed E-state index contributed by atoms with van der Waals surface area (Å²) in [6.45, 7) is 1.64. The van der Waals surface area contributed by atoms with Gasteiger partial charge in [-0.15, -0.1) is 0 Å². The van der Waals surface area contributed by atoms with Crippen LogP contribution in [0.3, 0.4) is 0 Å². The molecule has 4 rings (SSSR count). The third-order valence-corrected chi connectivity index (χ3v) is 6.90. The molecule has 0 radical (unpaired) electrons. The number of benzene rings is 1. The number of rotatable bonds is 4. The van der Waals surface area contributed by atoms with Gasteiger partial charge in [0.05, 0.1) is 6.04 Å². The average Bonchev–Trinajstić information content (AvgIpc) is 2.65. The van der Waals surface area contributed by atoms with Crippen LogP contribution in [0, 0.1) is 17.7 Å². The highest BCUT2D eigenvalue weighted by Crippen LogP contribution is 2.39. The van der Waals surface area contributed by atoms with E-state index in [1.54, 1.807) is 0 Å². The Bertz CT molecular complexity index is 635. The number of nitrogens with two attached hydrogens (primary N) is 1. The van der Waals surface area contributed by atoms with Crippen molar-refractivity contribution < 1.29 is 9.18 Å². The number of fused-ring (bicyclic) bond motifs is 2. The van der Waals surface area contributed by atoms with E-state index >= 15 is 0 Å². The molecule has 148 valence electrons. The number of amides is 1. The molecule has 3 atom stereocenters. The van der Waals surface area contributed by atoms with Crippen LogP contribution in [0.5, 0.6) is 0 Å². The molecule has 1 saturated heterocycles. The van der Waals surface area contributed by atoms with Gasteiger partial charge in [0.2, 0.25) is 5.91 Å². The number of likely N-dealkylation sites (tertiary alicyclic amines) is 1. The maximum absolute atomic E-state index is 13.2.